The summed E-state index contributed by atoms with van der Waals surface area (Å²) in [5, 5.41) is 7.81. The molecule has 0 spiro atoms. The lowest BCUT2D eigenvalue weighted by Gasteiger charge is -2.33. The van der Waals surface area contributed by atoms with Gasteiger partial charge in [-0.3, -0.25) is 14.3 Å². The molecule has 3 heterocycles. The van der Waals surface area contributed by atoms with Crippen molar-refractivity contribution in [1.29, 1.82) is 0 Å². The molecule has 0 aromatic carbocycles. The number of carbonyl (C=O) groups excluding carboxylic acids is 3. The van der Waals surface area contributed by atoms with Crippen LogP contribution in [0.4, 0.5) is 4.79 Å². The number of hydrogen-bond acceptors (Lipinski definition) is 6. The van der Waals surface area contributed by atoms with Crippen molar-refractivity contribution in [1.82, 2.24) is 24.9 Å². The SMILES string of the molecule is CCn1nc(CC(C)(C)COC(=O)C2CCN(C(=O)N(C)C)CC2)c2c1C(=O)NCCCOCCC2. The van der Waals surface area contributed by atoms with E-state index in [0.29, 0.717) is 64.3 Å². The smallest absolute Gasteiger partial charge is 0.319 e. The Morgan fingerprint density at radius 2 is 1.89 bits per heavy atom. The molecule has 3 amide bonds. The molecule has 0 saturated carbocycles. The minimum absolute atomic E-state index is 0.0218. The molecule has 1 aromatic heterocycles. The monoisotopic (exact) mass is 505 g/mol. The maximum atomic E-state index is 13.0. The Hall–Kier alpha value is -2.62. The van der Waals surface area contributed by atoms with Gasteiger partial charge in [0.2, 0.25) is 0 Å². The predicted octanol–water partition coefficient (Wildman–Crippen LogP) is 2.49. The van der Waals surface area contributed by atoms with Crippen molar-refractivity contribution in [2.45, 2.75) is 65.8 Å². The lowest BCUT2D eigenvalue weighted by Crippen LogP contribution is -2.45. The summed E-state index contributed by atoms with van der Waals surface area (Å²) in [4.78, 5) is 41.3. The van der Waals surface area contributed by atoms with E-state index in [1.807, 2.05) is 6.92 Å². The quantitative estimate of drug-likeness (QED) is 0.596. The van der Waals surface area contributed by atoms with Crippen molar-refractivity contribution in [3.05, 3.63) is 17.0 Å². The molecule has 1 N–H and O–H groups in total. The third kappa shape index (κ3) is 7.21. The van der Waals surface area contributed by atoms with Gasteiger partial charge < -0.3 is 24.6 Å². The molecule has 2 aliphatic heterocycles. The first kappa shape index (κ1) is 28.0. The lowest BCUT2D eigenvalue weighted by molar-refractivity contribution is -0.153. The fourth-order valence-electron chi connectivity index (χ4n) is 4.83. The standard InChI is InChI=1S/C26H43N5O5/c1-6-31-22-20(9-7-15-35-16-8-12-27-23(22)32)21(28-31)17-26(2,3)18-36-24(33)19-10-13-30(14-11-19)25(34)29(4)5/h19H,6-18H2,1-5H3,(H,27,32). The molecule has 1 saturated heterocycles. The third-order valence-corrected chi connectivity index (χ3v) is 6.85. The molecule has 0 aliphatic carbocycles. The normalized spacial score (nSPS) is 18.1. The van der Waals surface area contributed by atoms with Gasteiger partial charge >= 0.3 is 12.0 Å². The van der Waals surface area contributed by atoms with Gasteiger partial charge in [0.25, 0.3) is 5.91 Å². The van der Waals surface area contributed by atoms with E-state index < -0.39 is 0 Å². The van der Waals surface area contributed by atoms with E-state index in [9.17, 15) is 14.4 Å². The first-order valence-corrected chi connectivity index (χ1v) is 13.2. The number of hydrogen-bond donors (Lipinski definition) is 1. The molecule has 10 nitrogen and oxygen atoms in total. The van der Waals surface area contributed by atoms with Crippen molar-refractivity contribution in [3.8, 4) is 0 Å². The minimum atomic E-state index is -0.350. The lowest BCUT2D eigenvalue weighted by atomic mass is 9.86. The number of carbonyl (C=O) groups is 3. The van der Waals surface area contributed by atoms with Crippen LogP contribution in [0.2, 0.25) is 0 Å². The number of piperidine rings is 1. The fourth-order valence-corrected chi connectivity index (χ4v) is 4.83. The number of aryl methyl sites for hydroxylation is 1. The molecule has 2 aliphatic rings. The van der Waals surface area contributed by atoms with Crippen molar-refractivity contribution < 1.29 is 23.9 Å². The number of nitrogens with one attached hydrogen (secondary N) is 1. The van der Waals surface area contributed by atoms with E-state index in [2.05, 4.69) is 19.2 Å². The molecule has 0 bridgehead atoms. The maximum absolute atomic E-state index is 13.0. The van der Waals surface area contributed by atoms with Gasteiger partial charge in [-0.1, -0.05) is 13.8 Å². The second-order valence-electron chi connectivity index (χ2n) is 10.8. The van der Waals surface area contributed by atoms with E-state index in [0.717, 1.165) is 30.5 Å². The highest BCUT2D eigenvalue weighted by molar-refractivity contribution is 5.94. The number of rotatable bonds is 6. The zero-order valence-corrected chi connectivity index (χ0v) is 22.6. The Morgan fingerprint density at radius 3 is 2.56 bits per heavy atom. The topological polar surface area (TPSA) is 106 Å². The van der Waals surface area contributed by atoms with Crippen LogP contribution in [-0.4, -0.2) is 91.0 Å². The van der Waals surface area contributed by atoms with Crippen molar-refractivity contribution in [3.63, 3.8) is 0 Å². The Kier molecular flexibility index (Phi) is 9.76. The van der Waals surface area contributed by atoms with E-state index in [1.165, 1.54) is 0 Å². The predicted molar refractivity (Wildman–Crippen MR) is 136 cm³/mol. The Morgan fingerprint density at radius 1 is 1.19 bits per heavy atom. The van der Waals surface area contributed by atoms with Gasteiger partial charge in [0.05, 0.1) is 18.2 Å². The maximum Gasteiger partial charge on any atom is 0.319 e. The van der Waals surface area contributed by atoms with Gasteiger partial charge in [-0.15, -0.1) is 0 Å². The van der Waals surface area contributed by atoms with Gasteiger partial charge in [-0.2, -0.15) is 5.10 Å². The second kappa shape index (κ2) is 12.6. The van der Waals surface area contributed by atoms with Gasteiger partial charge in [0, 0.05) is 70.9 Å². The number of fused-ring (bicyclic) bond motifs is 1. The van der Waals surface area contributed by atoms with E-state index in [4.69, 9.17) is 14.6 Å². The second-order valence-corrected chi connectivity index (χ2v) is 10.8. The summed E-state index contributed by atoms with van der Waals surface area (Å²) in [6, 6.07) is -0.0218. The van der Waals surface area contributed by atoms with Gasteiger partial charge in [0.15, 0.2) is 0 Å². The summed E-state index contributed by atoms with van der Waals surface area (Å²) in [5.74, 6) is -0.475. The van der Waals surface area contributed by atoms with Crippen molar-refractivity contribution in [2.75, 3.05) is 53.6 Å². The highest BCUT2D eigenvalue weighted by Gasteiger charge is 2.32. The van der Waals surface area contributed by atoms with Crippen LogP contribution >= 0.6 is 0 Å². The molecule has 1 fully saturated rings. The summed E-state index contributed by atoms with van der Waals surface area (Å²) in [6.45, 7) is 9.99. The molecular formula is C26H43N5O5. The number of likely N-dealkylation sites (tertiary alicyclic amines) is 1. The molecular weight excluding hydrogens is 462 g/mol. The molecule has 0 radical (unpaired) electrons. The average Bonchev–Trinajstić information content (AvgIpc) is 3.17. The molecule has 3 rings (SSSR count). The van der Waals surface area contributed by atoms with Gasteiger partial charge in [-0.25, -0.2) is 4.79 Å². The molecule has 0 unspecified atom stereocenters. The van der Waals surface area contributed by atoms with Crippen LogP contribution in [-0.2, 0) is 33.7 Å². The largest absolute Gasteiger partial charge is 0.465 e. The number of ether oxygens (including phenoxy) is 2. The average molecular weight is 506 g/mol. The zero-order chi connectivity index (χ0) is 26.3. The van der Waals surface area contributed by atoms with Gasteiger partial charge in [0.1, 0.15) is 5.69 Å². The first-order valence-electron chi connectivity index (χ1n) is 13.2. The fraction of sp³-hybridized carbons (Fsp3) is 0.769. The highest BCUT2D eigenvalue weighted by atomic mass is 16.5. The van der Waals surface area contributed by atoms with Crippen molar-refractivity contribution >= 4 is 17.9 Å². The summed E-state index contributed by atoms with van der Waals surface area (Å²) >= 11 is 0. The Bertz CT molecular complexity index is 918. The van der Waals surface area contributed by atoms with E-state index >= 15 is 0 Å². The summed E-state index contributed by atoms with van der Waals surface area (Å²) in [5.41, 5.74) is 2.15. The third-order valence-electron chi connectivity index (χ3n) is 6.85. The molecule has 0 atom stereocenters. The highest BCUT2D eigenvalue weighted by Crippen LogP contribution is 2.28. The Labute approximate surface area is 214 Å². The minimum Gasteiger partial charge on any atom is -0.465 e. The number of esters is 1. The van der Waals surface area contributed by atoms with Crippen LogP contribution in [0.15, 0.2) is 0 Å². The molecule has 202 valence electrons. The number of nitrogens with zero attached hydrogens (tertiary/aromatic N) is 4. The van der Waals surface area contributed by atoms with Gasteiger partial charge in [-0.05, 0) is 39.0 Å². The van der Waals surface area contributed by atoms with E-state index in [-0.39, 0.29) is 35.8 Å². The molecule has 36 heavy (non-hydrogen) atoms. The first-order chi connectivity index (χ1) is 17.1. The zero-order valence-electron chi connectivity index (χ0n) is 22.6. The van der Waals surface area contributed by atoms with E-state index in [1.54, 1.807) is 28.6 Å². The molecule has 1 aromatic rings. The van der Waals surface area contributed by atoms with Crippen LogP contribution in [0.5, 0.6) is 0 Å². The summed E-state index contributed by atoms with van der Waals surface area (Å²) < 4.78 is 13.2. The van der Waals surface area contributed by atoms with Crippen molar-refractivity contribution in [2.24, 2.45) is 11.3 Å². The van der Waals surface area contributed by atoms with Crippen LogP contribution in [0.1, 0.15) is 68.2 Å². The number of amides is 3. The number of aromatic nitrogens is 2. The summed E-state index contributed by atoms with van der Waals surface area (Å²) in [7, 11) is 3.47. The summed E-state index contributed by atoms with van der Waals surface area (Å²) in [6.07, 6.45) is 4.16. The molecule has 10 heteroatoms. The Balaban J connectivity index is 1.63. The van der Waals surface area contributed by atoms with Crippen LogP contribution in [0.3, 0.4) is 0 Å². The van der Waals surface area contributed by atoms with Crippen LogP contribution in [0.25, 0.3) is 0 Å². The van der Waals surface area contributed by atoms with Crippen LogP contribution < -0.4 is 5.32 Å². The number of urea groups is 1. The van der Waals surface area contributed by atoms with Crippen LogP contribution in [0, 0.1) is 11.3 Å².